The minimum atomic E-state index is -4.43. The van der Waals surface area contributed by atoms with E-state index in [1.54, 1.807) is 25.1 Å². The third-order valence-electron chi connectivity index (χ3n) is 5.68. The predicted molar refractivity (Wildman–Crippen MR) is 134 cm³/mol. The average Bonchev–Trinajstić information content (AvgIpc) is 3.44. The first-order chi connectivity index (χ1) is 18.6. The molecule has 3 heterocycles. The second kappa shape index (κ2) is 11.5. The van der Waals surface area contributed by atoms with Gasteiger partial charge >= 0.3 is 13.7 Å². The van der Waals surface area contributed by atoms with Crippen molar-refractivity contribution in [1.82, 2.24) is 24.6 Å². The van der Waals surface area contributed by atoms with Crippen LogP contribution in [0, 0.1) is 0 Å². The Morgan fingerprint density at radius 2 is 2.10 bits per heavy atom. The van der Waals surface area contributed by atoms with Gasteiger partial charge in [0.05, 0.1) is 19.5 Å². The number of hydrogen-bond donors (Lipinski definition) is 4. The van der Waals surface area contributed by atoms with Gasteiger partial charge in [0.2, 0.25) is 5.72 Å². The fourth-order valence-corrected chi connectivity index (χ4v) is 5.31. The van der Waals surface area contributed by atoms with Crippen molar-refractivity contribution in [3.8, 4) is 5.75 Å². The van der Waals surface area contributed by atoms with Gasteiger partial charge in [0.1, 0.15) is 35.8 Å². The highest BCUT2D eigenvalue weighted by atomic mass is 31.2. The zero-order valence-electron chi connectivity index (χ0n) is 20.8. The molecule has 17 nitrogen and oxygen atoms in total. The molecule has 0 saturated carbocycles. The highest BCUT2D eigenvalue weighted by Gasteiger charge is 2.56. The smallest absolute Gasteiger partial charge is 0.459 e. The first-order valence-corrected chi connectivity index (χ1v) is 13.1. The topological polar surface area (TPSA) is 242 Å². The molecule has 1 aromatic carbocycles. The van der Waals surface area contributed by atoms with Gasteiger partial charge in [0, 0.05) is 4.91 Å². The van der Waals surface area contributed by atoms with Gasteiger partial charge in [-0.15, -0.1) is 0 Å². The van der Waals surface area contributed by atoms with E-state index in [-0.39, 0.29) is 29.3 Å². The van der Waals surface area contributed by atoms with Gasteiger partial charge in [-0.25, -0.2) is 19.5 Å². The maximum absolute atomic E-state index is 13.8. The van der Waals surface area contributed by atoms with E-state index in [2.05, 4.69) is 30.1 Å². The number of rotatable bonds is 11. The summed E-state index contributed by atoms with van der Waals surface area (Å²) in [6.07, 6.45) is -2.52. The molecule has 1 saturated heterocycles. The molecule has 5 N–H and O–H groups in total. The molecule has 1 fully saturated rings. The summed E-state index contributed by atoms with van der Waals surface area (Å²) in [5.74, 6) is -0.545. The summed E-state index contributed by atoms with van der Waals surface area (Å²) in [5, 5.41) is 27.8. The number of hydrogen-bond acceptors (Lipinski definition) is 13. The van der Waals surface area contributed by atoms with Crippen LogP contribution in [0.2, 0.25) is 0 Å². The quantitative estimate of drug-likeness (QED) is 0.0849. The number of esters is 1. The summed E-state index contributed by atoms with van der Waals surface area (Å²) in [5.41, 5.74) is 13.2. The second-order valence-corrected chi connectivity index (χ2v) is 10.0. The van der Waals surface area contributed by atoms with E-state index in [1.165, 1.54) is 36.3 Å². The molecule has 0 amide bonds. The Labute approximate surface area is 221 Å². The number of carbonyl (C=O) groups is 1. The number of aliphatic hydroxyl groups is 2. The Hall–Kier alpha value is -3.82. The van der Waals surface area contributed by atoms with E-state index in [4.69, 9.17) is 24.3 Å². The monoisotopic (exact) mass is 563 g/mol. The van der Waals surface area contributed by atoms with Crippen LogP contribution in [0.15, 0.2) is 48.1 Å². The SMILES string of the molecule is CCOC(=O)[C@H](C)NP(=O)(OC[C@@]1(N=[N+]=[N-])O[C@@H](n2cnc3c(N)ncnc32)[C@H](O)[C@@H]1O)Oc1ccccc1. The number of azide groups is 1. The number of carbonyl (C=O) groups excluding carboxylic acids is 1. The molecule has 208 valence electrons. The van der Waals surface area contributed by atoms with Crippen molar-refractivity contribution in [1.29, 1.82) is 0 Å². The normalized spacial score (nSPS) is 25.0. The number of anilines is 1. The number of para-hydroxylation sites is 1. The third-order valence-corrected chi connectivity index (χ3v) is 7.30. The Morgan fingerprint density at radius 1 is 1.36 bits per heavy atom. The largest absolute Gasteiger partial charge is 0.465 e. The van der Waals surface area contributed by atoms with Gasteiger partial charge in [-0.3, -0.25) is 13.9 Å². The average molecular weight is 563 g/mol. The first-order valence-electron chi connectivity index (χ1n) is 11.6. The number of ether oxygens (including phenoxy) is 2. The summed E-state index contributed by atoms with van der Waals surface area (Å²) in [6, 6.07) is 6.78. The number of fused-ring (bicyclic) bond motifs is 1. The van der Waals surface area contributed by atoms with Crippen LogP contribution >= 0.6 is 7.75 Å². The van der Waals surface area contributed by atoms with Gasteiger partial charge < -0.3 is 29.9 Å². The Morgan fingerprint density at radius 3 is 2.79 bits per heavy atom. The number of nitrogen functional groups attached to an aromatic ring is 1. The molecule has 2 aromatic heterocycles. The first kappa shape index (κ1) is 28.2. The van der Waals surface area contributed by atoms with Crippen LogP contribution in [0.4, 0.5) is 5.82 Å². The highest BCUT2D eigenvalue weighted by Crippen LogP contribution is 2.48. The third kappa shape index (κ3) is 5.79. The molecule has 0 aliphatic carbocycles. The highest BCUT2D eigenvalue weighted by molar-refractivity contribution is 7.52. The molecule has 18 heteroatoms. The minimum absolute atomic E-state index is 0.0669. The van der Waals surface area contributed by atoms with E-state index >= 15 is 0 Å². The summed E-state index contributed by atoms with van der Waals surface area (Å²) in [7, 11) is -4.43. The fraction of sp³-hybridized carbons (Fsp3) is 0.429. The maximum atomic E-state index is 13.8. The summed E-state index contributed by atoms with van der Waals surface area (Å²) < 4.78 is 36.9. The number of nitrogens with two attached hydrogens (primary N) is 1. The van der Waals surface area contributed by atoms with E-state index in [0.29, 0.717) is 0 Å². The molecule has 1 aliphatic heterocycles. The Bertz CT molecular complexity index is 1420. The number of nitrogens with one attached hydrogen (secondary N) is 1. The van der Waals surface area contributed by atoms with Crippen molar-refractivity contribution in [2.24, 2.45) is 5.11 Å². The molecular weight excluding hydrogens is 537 g/mol. The molecule has 39 heavy (non-hydrogen) atoms. The number of aliphatic hydroxyl groups excluding tert-OH is 2. The zero-order valence-corrected chi connectivity index (χ0v) is 21.7. The van der Waals surface area contributed by atoms with Crippen LogP contribution in [0.3, 0.4) is 0 Å². The fourth-order valence-electron chi connectivity index (χ4n) is 3.80. The number of aromatic nitrogens is 4. The molecule has 3 aromatic rings. The van der Waals surface area contributed by atoms with Crippen LogP contribution in [0.5, 0.6) is 5.75 Å². The molecule has 1 aliphatic rings. The van der Waals surface area contributed by atoms with Gasteiger partial charge in [-0.1, -0.05) is 23.3 Å². The van der Waals surface area contributed by atoms with Crippen LogP contribution in [0.1, 0.15) is 20.1 Å². The van der Waals surface area contributed by atoms with Crippen molar-refractivity contribution in [3.63, 3.8) is 0 Å². The van der Waals surface area contributed by atoms with Crippen molar-refractivity contribution < 1.29 is 38.1 Å². The van der Waals surface area contributed by atoms with Crippen LogP contribution in [0.25, 0.3) is 21.6 Å². The standard InChI is InChI=1S/C21H26N9O8P/c1-3-35-20(33)12(2)27-39(34,38-13-7-5-4-6-8-13)36-9-21(28-29-23)16(32)15(31)19(37-21)30-11-26-14-17(22)24-10-25-18(14)30/h4-8,10-12,15-16,19,31-32H,3,9H2,1-2H3,(H,27,34)(H2,22,24,25)/t12-,15+,16-,19+,21+,39?/m0/s1. The molecule has 6 atom stereocenters. The lowest BCUT2D eigenvalue weighted by Crippen LogP contribution is -2.45. The van der Waals surface area contributed by atoms with Crippen molar-refractivity contribution in [2.75, 3.05) is 18.9 Å². The van der Waals surface area contributed by atoms with Gasteiger partial charge in [-0.05, 0) is 31.5 Å². The molecule has 0 radical (unpaired) electrons. The summed E-state index contributed by atoms with van der Waals surface area (Å²) in [4.78, 5) is 26.9. The van der Waals surface area contributed by atoms with Crippen LogP contribution in [-0.2, 0) is 23.4 Å². The molecular formula is C21H26N9O8P. The lowest BCUT2D eigenvalue weighted by atomic mass is 10.1. The van der Waals surface area contributed by atoms with E-state index in [9.17, 15) is 25.1 Å². The molecule has 1 unspecified atom stereocenters. The number of nitrogens with zero attached hydrogens (tertiary/aromatic N) is 7. The molecule has 0 spiro atoms. The lowest BCUT2D eigenvalue weighted by Gasteiger charge is -2.29. The minimum Gasteiger partial charge on any atom is -0.465 e. The van der Waals surface area contributed by atoms with Gasteiger partial charge in [-0.2, -0.15) is 5.09 Å². The second-order valence-electron chi connectivity index (χ2n) is 8.34. The number of imidazole rings is 1. The Balaban J connectivity index is 1.63. The van der Waals surface area contributed by atoms with E-state index in [0.717, 1.165) is 0 Å². The summed E-state index contributed by atoms with van der Waals surface area (Å²) in [6.45, 7) is 2.19. The van der Waals surface area contributed by atoms with E-state index < -0.39 is 50.5 Å². The molecule has 4 rings (SSSR count). The van der Waals surface area contributed by atoms with Gasteiger partial charge in [0.15, 0.2) is 17.7 Å². The van der Waals surface area contributed by atoms with Crippen molar-refractivity contribution >= 4 is 30.7 Å². The maximum Gasteiger partial charge on any atom is 0.459 e. The van der Waals surface area contributed by atoms with Crippen LogP contribution < -0.4 is 15.3 Å². The predicted octanol–water partition coefficient (Wildman–Crippen LogP) is 1.41. The van der Waals surface area contributed by atoms with Gasteiger partial charge in [0.25, 0.3) is 0 Å². The number of benzene rings is 1. The van der Waals surface area contributed by atoms with Crippen molar-refractivity contribution in [3.05, 3.63) is 53.4 Å². The zero-order chi connectivity index (χ0) is 28.2. The van der Waals surface area contributed by atoms with E-state index in [1.807, 2.05) is 0 Å². The van der Waals surface area contributed by atoms with Crippen LogP contribution in [-0.4, -0.2) is 72.9 Å². The summed E-state index contributed by atoms with van der Waals surface area (Å²) >= 11 is 0. The Kier molecular flexibility index (Phi) is 8.32. The van der Waals surface area contributed by atoms with Crippen molar-refractivity contribution in [2.45, 2.75) is 44.1 Å². The molecule has 0 bridgehead atoms. The lowest BCUT2D eigenvalue weighted by molar-refractivity contribution is -0.144.